The van der Waals surface area contributed by atoms with E-state index in [1.165, 1.54) is 25.6 Å². The highest BCUT2D eigenvalue weighted by atomic mass is 16.1. The summed E-state index contributed by atoms with van der Waals surface area (Å²) in [6, 6.07) is -0.145. The Morgan fingerprint density at radius 3 is 2.84 bits per heavy atom. The van der Waals surface area contributed by atoms with Crippen LogP contribution in [-0.2, 0) is 4.79 Å². The van der Waals surface area contributed by atoms with Crippen LogP contribution in [0.3, 0.4) is 0 Å². The lowest BCUT2D eigenvalue weighted by atomic mass is 9.71. The smallest absolute Gasteiger partial charge is 0.221 e. The molecule has 1 aliphatic rings. The van der Waals surface area contributed by atoms with Gasteiger partial charge in [-0.2, -0.15) is 5.10 Å². The molecule has 19 heavy (non-hydrogen) atoms. The van der Waals surface area contributed by atoms with Gasteiger partial charge in [0.25, 0.3) is 0 Å². The van der Waals surface area contributed by atoms with Gasteiger partial charge in [-0.25, -0.2) is 4.98 Å². The van der Waals surface area contributed by atoms with Crippen LogP contribution in [0.2, 0.25) is 0 Å². The molecule has 0 aliphatic heterocycles. The predicted octanol–water partition coefficient (Wildman–Crippen LogP) is 1.28. The Morgan fingerprint density at radius 1 is 1.53 bits per heavy atom. The zero-order valence-corrected chi connectivity index (χ0v) is 11.5. The molecule has 1 saturated carbocycles. The van der Waals surface area contributed by atoms with Crippen molar-refractivity contribution < 1.29 is 4.79 Å². The van der Waals surface area contributed by atoms with E-state index in [9.17, 15) is 4.79 Å². The van der Waals surface area contributed by atoms with Gasteiger partial charge in [-0.1, -0.05) is 19.3 Å². The lowest BCUT2D eigenvalue weighted by molar-refractivity contribution is -0.124. The number of nitrogens with two attached hydrogens (primary N) is 1. The van der Waals surface area contributed by atoms with E-state index < -0.39 is 0 Å². The van der Waals surface area contributed by atoms with E-state index in [1.807, 2.05) is 6.92 Å². The molecular weight excluding hydrogens is 242 g/mol. The lowest BCUT2D eigenvalue weighted by Crippen LogP contribution is -2.39. The Kier molecular flexibility index (Phi) is 4.52. The molecular formula is C13H23N5O. The van der Waals surface area contributed by atoms with Crippen molar-refractivity contribution in [3.05, 3.63) is 12.2 Å². The first kappa shape index (κ1) is 14.0. The van der Waals surface area contributed by atoms with Gasteiger partial charge in [0.15, 0.2) is 0 Å². The normalized spacial score (nSPS) is 19.9. The van der Waals surface area contributed by atoms with Gasteiger partial charge in [-0.3, -0.25) is 9.89 Å². The Labute approximate surface area is 113 Å². The predicted molar refractivity (Wildman–Crippen MR) is 72.1 cm³/mol. The molecule has 1 aromatic rings. The van der Waals surface area contributed by atoms with E-state index in [1.54, 1.807) is 0 Å². The van der Waals surface area contributed by atoms with Gasteiger partial charge in [0.05, 0.1) is 6.04 Å². The van der Waals surface area contributed by atoms with E-state index >= 15 is 0 Å². The van der Waals surface area contributed by atoms with E-state index in [0.29, 0.717) is 18.8 Å². The van der Waals surface area contributed by atoms with Gasteiger partial charge >= 0.3 is 0 Å². The van der Waals surface area contributed by atoms with Crippen LogP contribution in [0.25, 0.3) is 0 Å². The number of aromatic nitrogens is 3. The summed E-state index contributed by atoms with van der Waals surface area (Å²) in [5.41, 5.74) is 5.91. The molecule has 4 N–H and O–H groups in total. The Bertz CT molecular complexity index is 397. The van der Waals surface area contributed by atoms with Gasteiger partial charge < -0.3 is 11.1 Å². The third-order valence-corrected chi connectivity index (χ3v) is 4.10. The number of rotatable bonds is 5. The van der Waals surface area contributed by atoms with Gasteiger partial charge in [0.2, 0.25) is 5.91 Å². The Balaban J connectivity index is 1.89. The SMILES string of the molecule is CC(NC(=O)CC1(CN)CCCCC1)c1ncn[nH]1. The minimum atomic E-state index is -0.145. The van der Waals surface area contributed by atoms with Gasteiger partial charge in [-0.05, 0) is 31.7 Å². The average molecular weight is 265 g/mol. The van der Waals surface area contributed by atoms with Crippen LogP contribution < -0.4 is 11.1 Å². The third-order valence-electron chi connectivity index (χ3n) is 4.10. The second-order valence-corrected chi connectivity index (χ2v) is 5.60. The van der Waals surface area contributed by atoms with E-state index in [4.69, 9.17) is 5.73 Å². The molecule has 6 nitrogen and oxygen atoms in total. The first-order valence-electron chi connectivity index (χ1n) is 7.00. The van der Waals surface area contributed by atoms with Crippen LogP contribution in [0, 0.1) is 5.41 Å². The molecule has 2 rings (SSSR count). The van der Waals surface area contributed by atoms with Crippen LogP contribution in [-0.4, -0.2) is 27.6 Å². The highest BCUT2D eigenvalue weighted by Gasteiger charge is 2.33. The van der Waals surface area contributed by atoms with Crippen molar-refractivity contribution in [2.75, 3.05) is 6.54 Å². The molecule has 1 atom stereocenters. The maximum absolute atomic E-state index is 12.2. The molecule has 0 spiro atoms. The molecule has 0 saturated heterocycles. The molecule has 0 bridgehead atoms. The fourth-order valence-electron chi connectivity index (χ4n) is 2.88. The molecule has 0 radical (unpaired) electrons. The molecule has 1 aliphatic carbocycles. The molecule has 106 valence electrons. The monoisotopic (exact) mass is 265 g/mol. The number of carbonyl (C=O) groups excluding carboxylic acids is 1. The minimum absolute atomic E-state index is 0.00344. The molecule has 6 heteroatoms. The molecule has 1 aromatic heterocycles. The molecule has 1 fully saturated rings. The lowest BCUT2D eigenvalue weighted by Gasteiger charge is -2.35. The van der Waals surface area contributed by atoms with Crippen LogP contribution in [0.1, 0.15) is 57.3 Å². The van der Waals surface area contributed by atoms with Crippen molar-refractivity contribution in [1.82, 2.24) is 20.5 Å². The van der Waals surface area contributed by atoms with Crippen LogP contribution >= 0.6 is 0 Å². The number of hydrogen-bond acceptors (Lipinski definition) is 4. The number of carbonyl (C=O) groups is 1. The molecule has 1 amide bonds. The fraction of sp³-hybridized carbons (Fsp3) is 0.769. The zero-order valence-electron chi connectivity index (χ0n) is 11.5. The molecule has 1 heterocycles. The summed E-state index contributed by atoms with van der Waals surface area (Å²) in [7, 11) is 0. The highest BCUT2D eigenvalue weighted by Crippen LogP contribution is 2.38. The summed E-state index contributed by atoms with van der Waals surface area (Å²) in [6.07, 6.45) is 7.71. The zero-order chi connectivity index (χ0) is 13.7. The summed E-state index contributed by atoms with van der Waals surface area (Å²) in [5.74, 6) is 0.732. The first-order valence-corrected chi connectivity index (χ1v) is 7.00. The number of amides is 1. The van der Waals surface area contributed by atoms with Crippen LogP contribution in [0.15, 0.2) is 6.33 Å². The third kappa shape index (κ3) is 3.53. The van der Waals surface area contributed by atoms with Crippen LogP contribution in [0.4, 0.5) is 0 Å². The summed E-state index contributed by atoms with van der Waals surface area (Å²) in [6.45, 7) is 2.49. The Morgan fingerprint density at radius 2 is 2.26 bits per heavy atom. The quantitative estimate of drug-likeness (QED) is 0.747. The topological polar surface area (TPSA) is 96.7 Å². The van der Waals surface area contributed by atoms with Crippen molar-refractivity contribution in [2.24, 2.45) is 11.1 Å². The molecule has 0 aromatic carbocycles. The standard InChI is InChI=1S/C13H23N5O/c1-10(12-15-9-16-18-12)17-11(19)7-13(8-14)5-3-2-4-6-13/h9-10H,2-8,14H2,1H3,(H,17,19)(H,15,16,18). The maximum Gasteiger partial charge on any atom is 0.221 e. The van der Waals surface area contributed by atoms with Crippen molar-refractivity contribution >= 4 is 5.91 Å². The second-order valence-electron chi connectivity index (χ2n) is 5.60. The molecule has 1 unspecified atom stereocenters. The van der Waals surface area contributed by atoms with Gasteiger partial charge in [0, 0.05) is 6.42 Å². The summed E-state index contributed by atoms with van der Waals surface area (Å²) in [5, 5.41) is 9.52. The maximum atomic E-state index is 12.2. The Hall–Kier alpha value is -1.43. The average Bonchev–Trinajstić information content (AvgIpc) is 2.93. The highest BCUT2D eigenvalue weighted by molar-refractivity contribution is 5.77. The van der Waals surface area contributed by atoms with Gasteiger partial charge in [-0.15, -0.1) is 0 Å². The van der Waals surface area contributed by atoms with Crippen molar-refractivity contribution in [3.8, 4) is 0 Å². The van der Waals surface area contributed by atoms with Gasteiger partial charge in [0.1, 0.15) is 12.2 Å². The number of hydrogen-bond donors (Lipinski definition) is 3. The second kappa shape index (κ2) is 6.14. The number of nitrogens with one attached hydrogen (secondary N) is 2. The number of H-pyrrole nitrogens is 1. The van der Waals surface area contributed by atoms with Crippen LogP contribution in [0.5, 0.6) is 0 Å². The van der Waals surface area contributed by atoms with Crippen molar-refractivity contribution in [1.29, 1.82) is 0 Å². The minimum Gasteiger partial charge on any atom is -0.346 e. The number of aromatic amines is 1. The largest absolute Gasteiger partial charge is 0.346 e. The fourth-order valence-corrected chi connectivity index (χ4v) is 2.88. The van der Waals surface area contributed by atoms with Crippen molar-refractivity contribution in [3.63, 3.8) is 0 Å². The number of nitrogens with zero attached hydrogens (tertiary/aromatic N) is 2. The van der Waals surface area contributed by atoms with E-state index in [2.05, 4.69) is 20.5 Å². The summed E-state index contributed by atoms with van der Waals surface area (Å²) < 4.78 is 0. The first-order chi connectivity index (χ1) is 9.15. The summed E-state index contributed by atoms with van der Waals surface area (Å²) >= 11 is 0. The summed E-state index contributed by atoms with van der Waals surface area (Å²) in [4.78, 5) is 16.2. The van der Waals surface area contributed by atoms with E-state index in [-0.39, 0.29) is 17.4 Å². The van der Waals surface area contributed by atoms with Crippen molar-refractivity contribution in [2.45, 2.75) is 51.5 Å². The van der Waals surface area contributed by atoms with E-state index in [0.717, 1.165) is 12.8 Å².